The van der Waals surface area contributed by atoms with E-state index >= 15 is 0 Å². The smallest absolute Gasteiger partial charge is 0.251 e. The first-order valence-corrected chi connectivity index (χ1v) is 6.73. The zero-order valence-electron chi connectivity index (χ0n) is 9.87. The SMILES string of the molecule is CC1CCNCC1NC(=O)c1cccc(Br)c1. The van der Waals surface area contributed by atoms with Crippen LogP contribution in [0.15, 0.2) is 28.7 Å². The summed E-state index contributed by atoms with van der Waals surface area (Å²) in [4.78, 5) is 12.1. The molecule has 1 heterocycles. The van der Waals surface area contributed by atoms with Crippen LogP contribution < -0.4 is 10.6 Å². The van der Waals surface area contributed by atoms with Crippen molar-refractivity contribution in [2.24, 2.45) is 5.92 Å². The van der Waals surface area contributed by atoms with E-state index in [1.54, 1.807) is 0 Å². The summed E-state index contributed by atoms with van der Waals surface area (Å²) in [6.45, 7) is 4.10. The highest BCUT2D eigenvalue weighted by molar-refractivity contribution is 9.10. The molecule has 0 aromatic heterocycles. The fraction of sp³-hybridized carbons (Fsp3) is 0.462. The molecule has 0 aliphatic carbocycles. The van der Waals surface area contributed by atoms with Gasteiger partial charge in [-0.15, -0.1) is 0 Å². The third kappa shape index (κ3) is 3.30. The van der Waals surface area contributed by atoms with Gasteiger partial charge in [-0.3, -0.25) is 4.79 Å². The number of carbonyl (C=O) groups is 1. The van der Waals surface area contributed by atoms with E-state index in [9.17, 15) is 4.79 Å². The van der Waals surface area contributed by atoms with Gasteiger partial charge in [0.2, 0.25) is 0 Å². The van der Waals surface area contributed by atoms with Crippen molar-refractivity contribution in [3.63, 3.8) is 0 Å². The molecule has 0 spiro atoms. The molecule has 2 unspecified atom stereocenters. The Morgan fingerprint density at radius 2 is 2.35 bits per heavy atom. The number of piperidine rings is 1. The molecule has 1 saturated heterocycles. The van der Waals surface area contributed by atoms with Crippen molar-refractivity contribution in [3.8, 4) is 0 Å². The van der Waals surface area contributed by atoms with Crippen LogP contribution in [0, 0.1) is 5.92 Å². The molecule has 1 fully saturated rings. The van der Waals surface area contributed by atoms with Crippen LogP contribution in [0.5, 0.6) is 0 Å². The first-order valence-electron chi connectivity index (χ1n) is 5.94. The summed E-state index contributed by atoms with van der Waals surface area (Å²) in [6, 6.07) is 7.70. The van der Waals surface area contributed by atoms with Gasteiger partial charge in [0, 0.05) is 22.6 Å². The summed E-state index contributed by atoms with van der Waals surface area (Å²) < 4.78 is 0.931. The number of halogens is 1. The van der Waals surface area contributed by atoms with Gasteiger partial charge in [0.15, 0.2) is 0 Å². The third-order valence-electron chi connectivity index (χ3n) is 3.23. The summed E-state index contributed by atoms with van der Waals surface area (Å²) in [6.07, 6.45) is 1.11. The lowest BCUT2D eigenvalue weighted by Gasteiger charge is -2.30. The molecule has 2 N–H and O–H groups in total. The van der Waals surface area contributed by atoms with Gasteiger partial charge >= 0.3 is 0 Å². The van der Waals surface area contributed by atoms with Gasteiger partial charge in [-0.05, 0) is 37.1 Å². The molecular formula is C13H17BrN2O. The zero-order valence-corrected chi connectivity index (χ0v) is 11.5. The number of amides is 1. The van der Waals surface area contributed by atoms with E-state index in [2.05, 4.69) is 33.5 Å². The second-order valence-electron chi connectivity index (χ2n) is 4.56. The van der Waals surface area contributed by atoms with Crippen LogP contribution in [-0.4, -0.2) is 25.0 Å². The first kappa shape index (κ1) is 12.6. The monoisotopic (exact) mass is 296 g/mol. The molecule has 1 aromatic carbocycles. The van der Waals surface area contributed by atoms with Crippen molar-refractivity contribution >= 4 is 21.8 Å². The Kier molecular flexibility index (Phi) is 4.18. The Morgan fingerprint density at radius 1 is 1.53 bits per heavy atom. The maximum Gasteiger partial charge on any atom is 0.251 e. The molecule has 1 aromatic rings. The van der Waals surface area contributed by atoms with Gasteiger partial charge in [0.25, 0.3) is 5.91 Å². The number of rotatable bonds is 2. The maximum absolute atomic E-state index is 12.1. The van der Waals surface area contributed by atoms with Crippen LogP contribution in [-0.2, 0) is 0 Å². The fourth-order valence-electron chi connectivity index (χ4n) is 2.06. The average molecular weight is 297 g/mol. The normalized spacial score (nSPS) is 24.4. The van der Waals surface area contributed by atoms with Crippen LogP contribution in [0.1, 0.15) is 23.7 Å². The Morgan fingerprint density at radius 3 is 3.06 bits per heavy atom. The standard InChI is InChI=1S/C13H17BrN2O/c1-9-5-6-15-8-12(9)16-13(17)10-3-2-4-11(14)7-10/h2-4,7,9,12,15H,5-6,8H2,1H3,(H,16,17). The zero-order chi connectivity index (χ0) is 12.3. The summed E-state index contributed by atoms with van der Waals surface area (Å²) >= 11 is 3.38. The number of hydrogen-bond acceptors (Lipinski definition) is 2. The summed E-state index contributed by atoms with van der Waals surface area (Å²) in [5.74, 6) is 0.541. The topological polar surface area (TPSA) is 41.1 Å². The molecular weight excluding hydrogens is 280 g/mol. The number of nitrogens with one attached hydrogen (secondary N) is 2. The number of hydrogen-bond donors (Lipinski definition) is 2. The summed E-state index contributed by atoms with van der Waals surface area (Å²) in [5.41, 5.74) is 0.706. The second-order valence-corrected chi connectivity index (χ2v) is 5.48. The molecule has 0 radical (unpaired) electrons. The number of benzene rings is 1. The predicted octanol–water partition coefficient (Wildman–Crippen LogP) is 2.18. The largest absolute Gasteiger partial charge is 0.348 e. The van der Waals surface area contributed by atoms with Gasteiger partial charge in [-0.1, -0.05) is 28.9 Å². The van der Waals surface area contributed by atoms with Crippen LogP contribution in [0.4, 0.5) is 0 Å². The van der Waals surface area contributed by atoms with Crippen molar-refractivity contribution in [1.29, 1.82) is 0 Å². The molecule has 0 saturated carbocycles. The number of carbonyl (C=O) groups excluding carboxylic acids is 1. The highest BCUT2D eigenvalue weighted by Crippen LogP contribution is 2.14. The summed E-state index contributed by atoms with van der Waals surface area (Å²) in [7, 11) is 0. The molecule has 3 nitrogen and oxygen atoms in total. The maximum atomic E-state index is 12.1. The lowest BCUT2D eigenvalue weighted by Crippen LogP contribution is -2.50. The molecule has 0 bridgehead atoms. The van der Waals surface area contributed by atoms with Crippen molar-refractivity contribution in [3.05, 3.63) is 34.3 Å². The van der Waals surface area contributed by atoms with Crippen molar-refractivity contribution in [1.82, 2.24) is 10.6 Å². The van der Waals surface area contributed by atoms with E-state index in [1.807, 2.05) is 24.3 Å². The van der Waals surface area contributed by atoms with Crippen molar-refractivity contribution in [2.45, 2.75) is 19.4 Å². The molecule has 2 rings (SSSR count). The van der Waals surface area contributed by atoms with Gasteiger partial charge in [0.1, 0.15) is 0 Å². The quantitative estimate of drug-likeness (QED) is 0.878. The lowest BCUT2D eigenvalue weighted by molar-refractivity contribution is 0.0915. The average Bonchev–Trinajstić information content (AvgIpc) is 2.32. The minimum atomic E-state index is 0.00634. The first-order chi connectivity index (χ1) is 8.16. The predicted molar refractivity (Wildman–Crippen MR) is 72.0 cm³/mol. The fourth-order valence-corrected chi connectivity index (χ4v) is 2.46. The van der Waals surface area contributed by atoms with Crippen molar-refractivity contribution < 1.29 is 4.79 Å². The van der Waals surface area contributed by atoms with Gasteiger partial charge < -0.3 is 10.6 Å². The minimum Gasteiger partial charge on any atom is -0.348 e. The minimum absolute atomic E-state index is 0.00634. The van der Waals surface area contributed by atoms with E-state index in [0.29, 0.717) is 11.5 Å². The van der Waals surface area contributed by atoms with Crippen LogP contribution in [0.25, 0.3) is 0 Å². The molecule has 1 aliphatic heterocycles. The Labute approximate surface area is 110 Å². The molecule has 92 valence electrons. The second kappa shape index (κ2) is 5.65. The highest BCUT2D eigenvalue weighted by Gasteiger charge is 2.22. The van der Waals surface area contributed by atoms with Gasteiger partial charge in [-0.2, -0.15) is 0 Å². The van der Waals surface area contributed by atoms with E-state index in [4.69, 9.17) is 0 Å². The molecule has 1 amide bonds. The summed E-state index contributed by atoms with van der Waals surface area (Å²) in [5, 5.41) is 6.40. The van der Waals surface area contributed by atoms with Crippen LogP contribution in [0.3, 0.4) is 0 Å². The Bertz CT molecular complexity index is 408. The van der Waals surface area contributed by atoms with Gasteiger partial charge in [0.05, 0.1) is 0 Å². The Balaban J connectivity index is 2.01. The van der Waals surface area contributed by atoms with Crippen molar-refractivity contribution in [2.75, 3.05) is 13.1 Å². The lowest BCUT2D eigenvalue weighted by atomic mass is 9.94. The molecule has 1 aliphatic rings. The van der Waals surface area contributed by atoms with Crippen LogP contribution >= 0.6 is 15.9 Å². The van der Waals surface area contributed by atoms with Gasteiger partial charge in [-0.25, -0.2) is 0 Å². The molecule has 4 heteroatoms. The Hall–Kier alpha value is -0.870. The van der Waals surface area contributed by atoms with E-state index in [-0.39, 0.29) is 11.9 Å². The third-order valence-corrected chi connectivity index (χ3v) is 3.72. The molecule has 2 atom stereocenters. The van der Waals surface area contributed by atoms with E-state index in [1.165, 1.54) is 0 Å². The molecule has 17 heavy (non-hydrogen) atoms. The van der Waals surface area contributed by atoms with E-state index < -0.39 is 0 Å². The highest BCUT2D eigenvalue weighted by atomic mass is 79.9. The van der Waals surface area contributed by atoms with E-state index in [0.717, 1.165) is 24.0 Å². The van der Waals surface area contributed by atoms with Crippen LogP contribution in [0.2, 0.25) is 0 Å².